The van der Waals surface area contributed by atoms with E-state index >= 15 is 0 Å². The normalized spacial score (nSPS) is 13.7. The molecule has 0 aliphatic heterocycles. The number of benzene rings is 1. The van der Waals surface area contributed by atoms with Crippen LogP contribution >= 0.6 is 0 Å². The Morgan fingerprint density at radius 3 is 2.29 bits per heavy atom. The van der Waals surface area contributed by atoms with Crippen molar-refractivity contribution in [2.24, 2.45) is 0 Å². The first-order valence-corrected chi connectivity index (χ1v) is 6.85. The third-order valence-corrected chi connectivity index (χ3v) is 3.53. The summed E-state index contributed by atoms with van der Waals surface area (Å²) in [4.78, 5) is 13.7. The summed E-state index contributed by atoms with van der Waals surface area (Å²) in [6, 6.07) is 3.67. The first-order chi connectivity index (χ1) is 10.1. The van der Waals surface area contributed by atoms with Crippen LogP contribution in [-0.4, -0.2) is 49.8 Å². The van der Waals surface area contributed by atoms with Gasteiger partial charge in [-0.2, -0.15) is 0 Å². The average molecular weight is 295 g/mol. The molecule has 6 heteroatoms. The van der Waals surface area contributed by atoms with Gasteiger partial charge < -0.3 is 24.2 Å². The fourth-order valence-electron chi connectivity index (χ4n) is 2.07. The maximum Gasteiger partial charge on any atom is 0.260 e. The van der Waals surface area contributed by atoms with Crippen LogP contribution in [-0.2, 0) is 11.4 Å². The third kappa shape index (κ3) is 3.58. The summed E-state index contributed by atoms with van der Waals surface area (Å²) in [5.41, 5.74) is 0.650. The van der Waals surface area contributed by atoms with Crippen molar-refractivity contribution >= 4 is 5.91 Å². The minimum Gasteiger partial charge on any atom is -0.493 e. The zero-order chi connectivity index (χ0) is 15.4. The number of carbonyl (C=O) groups is 1. The second kappa shape index (κ2) is 6.67. The van der Waals surface area contributed by atoms with E-state index in [0.29, 0.717) is 28.9 Å². The van der Waals surface area contributed by atoms with Crippen molar-refractivity contribution in [3.8, 4) is 17.2 Å². The van der Waals surface area contributed by atoms with Gasteiger partial charge in [0.05, 0.1) is 20.8 Å². The zero-order valence-electron chi connectivity index (χ0n) is 12.6. The van der Waals surface area contributed by atoms with Crippen LogP contribution < -0.4 is 14.2 Å². The number of amides is 1. The van der Waals surface area contributed by atoms with Crippen molar-refractivity contribution in [1.29, 1.82) is 0 Å². The summed E-state index contributed by atoms with van der Waals surface area (Å²) in [5.74, 6) is 1.16. The lowest BCUT2D eigenvalue weighted by Gasteiger charge is -2.19. The minimum atomic E-state index is -0.129. The number of ether oxygens (including phenoxy) is 3. The predicted octanol–water partition coefficient (Wildman–Crippen LogP) is 1.20. The molecule has 0 spiro atoms. The molecule has 1 aromatic carbocycles. The zero-order valence-corrected chi connectivity index (χ0v) is 12.6. The number of rotatable bonds is 7. The van der Waals surface area contributed by atoms with Gasteiger partial charge in [0, 0.05) is 13.1 Å². The lowest BCUT2D eigenvalue weighted by Crippen LogP contribution is -2.33. The van der Waals surface area contributed by atoms with E-state index in [1.807, 2.05) is 0 Å². The van der Waals surface area contributed by atoms with Crippen LogP contribution in [0.15, 0.2) is 12.1 Å². The summed E-state index contributed by atoms with van der Waals surface area (Å²) >= 11 is 0. The average Bonchev–Trinajstić information content (AvgIpc) is 3.35. The van der Waals surface area contributed by atoms with Gasteiger partial charge in [-0.1, -0.05) is 0 Å². The molecule has 1 N–H and O–H groups in total. The number of aliphatic hydroxyl groups is 1. The molecule has 2 rings (SSSR count). The Hall–Kier alpha value is -1.95. The van der Waals surface area contributed by atoms with Crippen LogP contribution in [0.25, 0.3) is 0 Å². The number of aliphatic hydroxyl groups excluding tert-OH is 1. The van der Waals surface area contributed by atoms with Crippen molar-refractivity contribution in [3.05, 3.63) is 17.7 Å². The van der Waals surface area contributed by atoms with Crippen LogP contribution in [0.2, 0.25) is 0 Å². The highest BCUT2D eigenvalue weighted by Crippen LogP contribution is 2.38. The van der Waals surface area contributed by atoms with Crippen molar-refractivity contribution < 1.29 is 24.1 Å². The molecule has 6 nitrogen and oxygen atoms in total. The minimum absolute atomic E-state index is 0.0712. The molecule has 0 heterocycles. The Bertz CT molecular complexity index is 488. The predicted molar refractivity (Wildman–Crippen MR) is 76.8 cm³/mol. The number of carbonyl (C=O) groups excluding carboxylic acids is 1. The summed E-state index contributed by atoms with van der Waals surface area (Å²) in [6.07, 6.45) is 2.11. The van der Waals surface area contributed by atoms with Crippen molar-refractivity contribution in [3.63, 3.8) is 0 Å². The van der Waals surface area contributed by atoms with Crippen LogP contribution in [0, 0.1) is 0 Å². The number of methoxy groups -OCH3 is 2. The molecule has 0 unspecified atom stereocenters. The monoisotopic (exact) mass is 295 g/mol. The van der Waals surface area contributed by atoms with E-state index < -0.39 is 0 Å². The number of likely N-dealkylation sites (N-methyl/N-ethyl adjacent to an activating group) is 1. The van der Waals surface area contributed by atoms with Crippen LogP contribution in [0.5, 0.6) is 17.2 Å². The Labute approximate surface area is 124 Å². The molecule has 0 aromatic heterocycles. The van der Waals surface area contributed by atoms with Crippen LogP contribution in [0.3, 0.4) is 0 Å². The molecule has 1 aromatic rings. The van der Waals surface area contributed by atoms with Gasteiger partial charge >= 0.3 is 0 Å². The van der Waals surface area contributed by atoms with Crippen molar-refractivity contribution in [1.82, 2.24) is 4.90 Å². The second-order valence-corrected chi connectivity index (χ2v) is 5.01. The van der Waals surface area contributed by atoms with E-state index in [0.717, 1.165) is 12.8 Å². The van der Waals surface area contributed by atoms with E-state index in [4.69, 9.17) is 14.2 Å². The lowest BCUT2D eigenvalue weighted by molar-refractivity contribution is -0.132. The highest BCUT2D eigenvalue weighted by atomic mass is 16.5. The largest absolute Gasteiger partial charge is 0.493 e. The topological polar surface area (TPSA) is 68.2 Å². The van der Waals surface area contributed by atoms with E-state index in [1.165, 1.54) is 14.2 Å². The Morgan fingerprint density at radius 1 is 1.29 bits per heavy atom. The van der Waals surface area contributed by atoms with E-state index in [-0.39, 0.29) is 19.1 Å². The van der Waals surface area contributed by atoms with Gasteiger partial charge in [-0.15, -0.1) is 0 Å². The molecule has 0 bridgehead atoms. The molecule has 1 aliphatic rings. The maximum absolute atomic E-state index is 12.0. The first-order valence-electron chi connectivity index (χ1n) is 6.85. The molecule has 0 saturated heterocycles. The third-order valence-electron chi connectivity index (χ3n) is 3.53. The molecule has 116 valence electrons. The Morgan fingerprint density at radius 2 is 1.86 bits per heavy atom. The smallest absolute Gasteiger partial charge is 0.260 e. The molecule has 21 heavy (non-hydrogen) atoms. The molecular weight excluding hydrogens is 274 g/mol. The molecule has 1 saturated carbocycles. The fourth-order valence-corrected chi connectivity index (χ4v) is 2.07. The van der Waals surface area contributed by atoms with Gasteiger partial charge in [0.15, 0.2) is 18.1 Å². The van der Waals surface area contributed by atoms with E-state index in [2.05, 4.69) is 0 Å². The molecular formula is C15H21NO5. The van der Waals surface area contributed by atoms with Gasteiger partial charge in [-0.05, 0) is 30.5 Å². The first kappa shape index (κ1) is 15.4. The van der Waals surface area contributed by atoms with E-state index in [1.54, 1.807) is 24.1 Å². The summed E-state index contributed by atoms with van der Waals surface area (Å²) in [5, 5.41) is 9.21. The van der Waals surface area contributed by atoms with E-state index in [9.17, 15) is 9.90 Å². The van der Waals surface area contributed by atoms with Crippen LogP contribution in [0.1, 0.15) is 18.4 Å². The Balaban J connectivity index is 2.12. The van der Waals surface area contributed by atoms with Gasteiger partial charge in [-0.25, -0.2) is 0 Å². The SMILES string of the molecule is COc1cc(CO)cc(OC)c1OCC(=O)N(C)C1CC1. The molecule has 0 radical (unpaired) electrons. The van der Waals surface area contributed by atoms with Gasteiger partial charge in [0.25, 0.3) is 5.91 Å². The van der Waals surface area contributed by atoms with Crippen molar-refractivity contribution in [2.45, 2.75) is 25.5 Å². The molecule has 1 amide bonds. The van der Waals surface area contributed by atoms with Gasteiger partial charge in [0.2, 0.25) is 5.75 Å². The summed E-state index contributed by atoms with van der Waals surface area (Å²) < 4.78 is 16.1. The molecule has 1 aliphatic carbocycles. The maximum atomic E-state index is 12.0. The standard InChI is InChI=1S/C15H21NO5/c1-16(11-4-5-11)14(18)9-21-15-12(19-2)6-10(8-17)7-13(15)20-3/h6-7,11,17H,4-5,8-9H2,1-3H3. The summed E-state index contributed by atoms with van der Waals surface area (Å²) in [6.45, 7) is -0.200. The summed E-state index contributed by atoms with van der Waals surface area (Å²) in [7, 11) is 4.79. The lowest BCUT2D eigenvalue weighted by atomic mass is 10.2. The molecule has 1 fully saturated rings. The number of hydrogen-bond donors (Lipinski definition) is 1. The van der Waals surface area contributed by atoms with Crippen LogP contribution in [0.4, 0.5) is 0 Å². The van der Waals surface area contributed by atoms with Gasteiger partial charge in [0.1, 0.15) is 0 Å². The fraction of sp³-hybridized carbons (Fsp3) is 0.533. The molecule has 0 atom stereocenters. The second-order valence-electron chi connectivity index (χ2n) is 5.01. The highest BCUT2D eigenvalue weighted by Gasteiger charge is 2.30. The quantitative estimate of drug-likeness (QED) is 0.818. The number of hydrogen-bond acceptors (Lipinski definition) is 5. The number of nitrogens with zero attached hydrogens (tertiary/aromatic N) is 1. The Kier molecular flexibility index (Phi) is 4.90. The van der Waals surface area contributed by atoms with Crippen molar-refractivity contribution in [2.75, 3.05) is 27.9 Å². The highest BCUT2D eigenvalue weighted by molar-refractivity contribution is 5.78. The van der Waals surface area contributed by atoms with Gasteiger partial charge in [-0.3, -0.25) is 4.79 Å².